The quantitative estimate of drug-likeness (QED) is 0.0743. The number of esters is 1. The van der Waals surface area contributed by atoms with Crippen LogP contribution in [-0.2, 0) is 25.6 Å². The molecule has 0 radical (unpaired) electrons. The van der Waals surface area contributed by atoms with Crippen molar-refractivity contribution < 1.29 is 68.3 Å². The average molecular weight is 683 g/mol. The molecule has 7 atom stereocenters. The molecule has 0 aliphatic carbocycles. The van der Waals surface area contributed by atoms with Gasteiger partial charge in [-0.1, -0.05) is 6.07 Å². The van der Waals surface area contributed by atoms with Crippen LogP contribution in [-0.4, -0.2) is 105 Å². The van der Waals surface area contributed by atoms with Gasteiger partial charge in [0.1, 0.15) is 55.0 Å². The largest absolute Gasteiger partial charge is 0.492 e. The normalized spacial score (nSPS) is 25.4. The number of hydrogen-bond acceptors (Lipinski definition) is 13. The van der Waals surface area contributed by atoms with Crippen LogP contribution in [0, 0.1) is 0 Å². The number of hydrogen-bond donors (Lipinski definition) is 6. The molecule has 6 N–H and O–H groups in total. The number of aliphatic carboxylic acids is 1. The van der Waals surface area contributed by atoms with Crippen LogP contribution in [0.2, 0.25) is 0 Å². The van der Waals surface area contributed by atoms with E-state index < -0.39 is 68.6 Å². The lowest BCUT2D eigenvalue weighted by Gasteiger charge is -2.40. The topological polar surface area (TPSA) is 221 Å². The Morgan fingerprint density at radius 2 is 1.92 bits per heavy atom. The molecule has 0 bridgehead atoms. The summed E-state index contributed by atoms with van der Waals surface area (Å²) in [6, 6.07) is 8.85. The summed E-state index contributed by atoms with van der Waals surface area (Å²) in [5.41, 5.74) is 3.26. The summed E-state index contributed by atoms with van der Waals surface area (Å²) < 4.78 is 42.5. The molecule has 7 rings (SSSR count). The van der Waals surface area contributed by atoms with Crippen molar-refractivity contribution in [3.63, 3.8) is 0 Å². The molecule has 2 aromatic carbocycles. The first-order chi connectivity index (χ1) is 23.6. The van der Waals surface area contributed by atoms with Crippen LogP contribution >= 0.6 is 0 Å². The molecule has 260 valence electrons. The molecule has 3 aliphatic rings. The third-order valence-corrected chi connectivity index (χ3v) is 8.83. The van der Waals surface area contributed by atoms with Gasteiger partial charge in [-0.3, -0.25) is 9.59 Å². The van der Waals surface area contributed by atoms with Crippen molar-refractivity contribution in [2.24, 2.45) is 0 Å². The first kappa shape index (κ1) is 32.5. The summed E-state index contributed by atoms with van der Waals surface area (Å²) in [7, 11) is 1.49. The minimum Gasteiger partial charge on any atom is -0.492 e. The fourth-order valence-corrected chi connectivity index (χ4v) is 6.56. The van der Waals surface area contributed by atoms with Gasteiger partial charge in [-0.05, 0) is 23.8 Å². The number of H-pyrrole nitrogens is 1. The molecular formula is C33H34N2O14. The van der Waals surface area contributed by atoms with Gasteiger partial charge in [0.2, 0.25) is 12.0 Å². The Morgan fingerprint density at radius 1 is 1.08 bits per heavy atom. The van der Waals surface area contributed by atoms with Gasteiger partial charge >= 0.3 is 11.9 Å². The first-order valence-corrected chi connectivity index (χ1v) is 15.4. The molecule has 0 unspecified atom stereocenters. The molecule has 0 saturated carbocycles. The van der Waals surface area contributed by atoms with Crippen LogP contribution in [0.3, 0.4) is 0 Å². The van der Waals surface area contributed by atoms with Crippen molar-refractivity contribution in [3.8, 4) is 28.7 Å². The number of methoxy groups -OCH3 is 1. The van der Waals surface area contributed by atoms with Gasteiger partial charge in [0, 0.05) is 47.7 Å². The Hall–Kier alpha value is -5.00. The molecule has 16 nitrogen and oxygen atoms in total. The van der Waals surface area contributed by atoms with E-state index in [-0.39, 0.29) is 18.3 Å². The number of benzene rings is 2. The summed E-state index contributed by atoms with van der Waals surface area (Å²) in [5, 5.41) is 51.0. The van der Waals surface area contributed by atoms with E-state index in [1.54, 1.807) is 18.2 Å². The maximum atomic E-state index is 11.8. The molecule has 0 amide bonds. The van der Waals surface area contributed by atoms with Gasteiger partial charge in [-0.15, -0.1) is 0 Å². The highest BCUT2D eigenvalue weighted by molar-refractivity contribution is 5.90. The van der Waals surface area contributed by atoms with Gasteiger partial charge in [-0.25, -0.2) is 0 Å². The second-order valence-corrected chi connectivity index (χ2v) is 11.9. The van der Waals surface area contributed by atoms with Crippen molar-refractivity contribution in [3.05, 3.63) is 65.6 Å². The molecule has 0 spiro atoms. The second-order valence-electron chi connectivity index (χ2n) is 11.9. The van der Waals surface area contributed by atoms with E-state index in [1.807, 2.05) is 35.3 Å². The maximum Gasteiger partial charge on any atom is 0.317 e. The highest BCUT2D eigenvalue weighted by Gasteiger charge is 2.47. The summed E-state index contributed by atoms with van der Waals surface area (Å²) in [6.07, 6.45) is -3.59. The number of aromatic nitrogens is 2. The number of carboxylic acids is 1. The Balaban J connectivity index is 1.21. The smallest absolute Gasteiger partial charge is 0.317 e. The van der Waals surface area contributed by atoms with Gasteiger partial charge in [0.25, 0.3) is 0 Å². The molecule has 1 saturated heterocycles. The van der Waals surface area contributed by atoms with Gasteiger partial charge in [0.05, 0.1) is 25.2 Å². The Labute approximate surface area is 277 Å². The highest BCUT2D eigenvalue weighted by Crippen LogP contribution is 2.57. The van der Waals surface area contributed by atoms with Crippen molar-refractivity contribution in [1.82, 2.24) is 9.55 Å². The zero-order chi connectivity index (χ0) is 34.4. The number of fused-ring (bicyclic) bond motifs is 6. The minimum absolute atomic E-state index is 0.200. The number of aliphatic hydroxyl groups is 4. The number of nitrogens with one attached hydrogen (secondary N) is 1. The number of nitrogens with zero attached hydrogens (tertiary/aromatic N) is 1. The lowest BCUT2D eigenvalue weighted by atomic mass is 9.86. The number of aromatic amines is 1. The SMILES string of the molecule is COc1c(OCO)ccc2c1O[C@H]1c3c(Cn4cc5cc[nH]c5c4)cc(O[C@@H]4O[C@H](COC(=O)CC(=O)O)[C@@H](O)[C@H](O)[C@H]4O)cc3OC[C@@H]21. The summed E-state index contributed by atoms with van der Waals surface area (Å²) in [4.78, 5) is 25.8. The zero-order valence-electron chi connectivity index (χ0n) is 26.1. The molecular weight excluding hydrogens is 648 g/mol. The number of carboxylic acid groups (broad SMARTS) is 1. The number of aliphatic hydroxyl groups excluding tert-OH is 4. The fourth-order valence-electron chi connectivity index (χ4n) is 6.56. The number of carbonyl (C=O) groups is 2. The van der Waals surface area contributed by atoms with Crippen molar-refractivity contribution >= 4 is 22.8 Å². The van der Waals surface area contributed by atoms with Gasteiger partial charge in [0.15, 0.2) is 18.3 Å². The second kappa shape index (κ2) is 13.1. The summed E-state index contributed by atoms with van der Waals surface area (Å²) in [5.74, 6) is -0.896. The molecule has 4 aromatic rings. The lowest BCUT2D eigenvalue weighted by molar-refractivity contribution is -0.278. The van der Waals surface area contributed by atoms with Crippen LogP contribution in [0.15, 0.2) is 48.9 Å². The van der Waals surface area contributed by atoms with E-state index >= 15 is 0 Å². The Morgan fingerprint density at radius 3 is 2.67 bits per heavy atom. The number of carbonyl (C=O) groups excluding carboxylic acids is 1. The fraction of sp³-hybridized carbons (Fsp3) is 0.394. The Kier molecular flexibility index (Phi) is 8.72. The van der Waals surface area contributed by atoms with E-state index in [0.717, 1.165) is 27.6 Å². The molecule has 16 heteroatoms. The Bertz CT molecular complexity index is 1840. The van der Waals surface area contributed by atoms with Crippen LogP contribution in [0.4, 0.5) is 0 Å². The zero-order valence-corrected chi connectivity index (χ0v) is 26.1. The lowest BCUT2D eigenvalue weighted by Crippen LogP contribution is -2.60. The van der Waals surface area contributed by atoms with Crippen molar-refractivity contribution in [2.75, 3.05) is 27.1 Å². The van der Waals surface area contributed by atoms with Crippen LogP contribution < -0.4 is 23.7 Å². The van der Waals surface area contributed by atoms with Gasteiger partial charge in [-0.2, -0.15) is 0 Å². The highest BCUT2D eigenvalue weighted by atomic mass is 16.7. The van der Waals surface area contributed by atoms with E-state index in [1.165, 1.54) is 7.11 Å². The van der Waals surface area contributed by atoms with Crippen LogP contribution in [0.1, 0.15) is 35.1 Å². The average Bonchev–Trinajstić information content (AvgIpc) is 3.77. The number of rotatable bonds is 11. The van der Waals surface area contributed by atoms with E-state index in [4.69, 9.17) is 38.3 Å². The first-order valence-electron chi connectivity index (χ1n) is 15.4. The predicted molar refractivity (Wildman–Crippen MR) is 165 cm³/mol. The van der Waals surface area contributed by atoms with Crippen molar-refractivity contribution in [2.45, 2.75) is 55.7 Å². The molecule has 5 heterocycles. The minimum atomic E-state index is -1.74. The number of ether oxygens (including phenoxy) is 7. The molecule has 3 aliphatic heterocycles. The van der Waals surface area contributed by atoms with Crippen LogP contribution in [0.5, 0.6) is 28.7 Å². The van der Waals surface area contributed by atoms with Gasteiger partial charge < -0.3 is 68.2 Å². The third-order valence-electron chi connectivity index (χ3n) is 8.83. The third kappa shape index (κ3) is 6.08. The van der Waals surface area contributed by atoms with E-state index in [9.17, 15) is 30.0 Å². The monoisotopic (exact) mass is 682 g/mol. The van der Waals surface area contributed by atoms with Crippen molar-refractivity contribution in [1.29, 1.82) is 0 Å². The maximum absolute atomic E-state index is 11.8. The van der Waals surface area contributed by atoms with E-state index in [2.05, 4.69) is 4.98 Å². The van der Waals surface area contributed by atoms with E-state index in [0.29, 0.717) is 29.5 Å². The molecule has 1 fully saturated rings. The predicted octanol–water partition coefficient (Wildman–Crippen LogP) is 1.17. The summed E-state index contributed by atoms with van der Waals surface area (Å²) >= 11 is 0. The molecule has 49 heavy (non-hydrogen) atoms. The van der Waals surface area contributed by atoms with Crippen LogP contribution in [0.25, 0.3) is 10.9 Å². The standard InChI is InChI=1S/C33H34N2O14/c1-43-32-21(46-14-36)3-2-18-19-12-44-22-7-17(47-33-29(42)28(41)27(40)23(48-33)13-45-25(39)8-24(37)38)6-16(26(22)30(19)49-31(18)32)10-35-9-15-4-5-34-20(15)11-35/h2-7,9,11,19,23,27-30,33-34,36,40-42H,8,10,12-14H2,1H3,(H,37,38)/t19-,23+,27+,28-,29+,30+,33+/m0/s1. The molecule has 2 aromatic heterocycles. The summed E-state index contributed by atoms with van der Waals surface area (Å²) in [6.45, 7) is -0.549.